The predicted octanol–water partition coefficient (Wildman–Crippen LogP) is 2.96. The van der Waals surface area contributed by atoms with Crippen molar-refractivity contribution in [2.45, 2.75) is 52.7 Å². The van der Waals surface area contributed by atoms with Crippen LogP contribution in [0.1, 0.15) is 51.4 Å². The van der Waals surface area contributed by atoms with Gasteiger partial charge in [0.2, 0.25) is 0 Å². The molecule has 110 valence electrons. The highest BCUT2D eigenvalue weighted by molar-refractivity contribution is 5.95. The number of carbonyl (C=O) groups is 2. The summed E-state index contributed by atoms with van der Waals surface area (Å²) in [5.74, 6) is 0.510. The summed E-state index contributed by atoms with van der Waals surface area (Å²) in [7, 11) is 0. The van der Waals surface area contributed by atoms with Crippen molar-refractivity contribution in [1.82, 2.24) is 5.32 Å². The van der Waals surface area contributed by atoms with Gasteiger partial charge < -0.3 is 10.1 Å². The molecule has 0 aliphatic rings. The van der Waals surface area contributed by atoms with E-state index in [1.54, 1.807) is 31.2 Å². The Kier molecular flexibility index (Phi) is 5.31. The largest absolute Gasteiger partial charge is 0.481 e. The smallest absolute Gasteiger partial charge is 0.261 e. The zero-order valence-corrected chi connectivity index (χ0v) is 12.8. The Morgan fingerprint density at radius 1 is 1.20 bits per heavy atom. The first kappa shape index (κ1) is 16.2. The Labute approximate surface area is 120 Å². The monoisotopic (exact) mass is 277 g/mol. The number of carbonyl (C=O) groups excluding carboxylic acids is 2. The van der Waals surface area contributed by atoms with Gasteiger partial charge in [-0.3, -0.25) is 9.59 Å². The summed E-state index contributed by atoms with van der Waals surface area (Å²) in [5, 5.41) is 2.86. The lowest BCUT2D eigenvalue weighted by Gasteiger charge is -2.23. The Morgan fingerprint density at radius 3 is 2.20 bits per heavy atom. The molecule has 0 aromatic heterocycles. The van der Waals surface area contributed by atoms with Crippen LogP contribution in [0, 0.1) is 0 Å². The minimum absolute atomic E-state index is 0.0927. The van der Waals surface area contributed by atoms with Gasteiger partial charge in [-0.2, -0.15) is 0 Å². The molecule has 20 heavy (non-hydrogen) atoms. The molecule has 0 bridgehead atoms. The van der Waals surface area contributed by atoms with Gasteiger partial charge in [0.25, 0.3) is 5.91 Å². The van der Waals surface area contributed by atoms with Gasteiger partial charge in [-0.25, -0.2) is 0 Å². The summed E-state index contributed by atoms with van der Waals surface area (Å²) in [6.45, 7) is 9.28. The van der Waals surface area contributed by atoms with E-state index in [2.05, 4.69) is 5.32 Å². The molecule has 0 spiro atoms. The molecule has 1 N–H and O–H groups in total. The minimum atomic E-state index is -0.582. The molecule has 1 rings (SSSR count). The molecule has 1 atom stereocenters. The maximum atomic E-state index is 11.9. The maximum absolute atomic E-state index is 11.9. The summed E-state index contributed by atoms with van der Waals surface area (Å²) in [6, 6.07) is 6.86. The van der Waals surface area contributed by atoms with Gasteiger partial charge in [0, 0.05) is 17.5 Å². The number of benzene rings is 1. The molecule has 0 radical (unpaired) electrons. The van der Waals surface area contributed by atoms with Crippen LogP contribution in [0.4, 0.5) is 0 Å². The topological polar surface area (TPSA) is 55.4 Å². The van der Waals surface area contributed by atoms with E-state index in [4.69, 9.17) is 4.74 Å². The SMILES string of the molecule is CCC(=O)c1ccc(OC(C)C(=O)NC(C)(C)C)cc1. The van der Waals surface area contributed by atoms with Crippen molar-refractivity contribution in [1.29, 1.82) is 0 Å². The molecule has 1 amide bonds. The average molecular weight is 277 g/mol. The van der Waals surface area contributed by atoms with E-state index in [1.807, 2.05) is 27.7 Å². The van der Waals surface area contributed by atoms with Crippen LogP contribution in [-0.4, -0.2) is 23.3 Å². The van der Waals surface area contributed by atoms with Crippen LogP contribution in [0.5, 0.6) is 5.75 Å². The molecule has 4 nitrogen and oxygen atoms in total. The van der Waals surface area contributed by atoms with Crippen LogP contribution in [0.25, 0.3) is 0 Å². The second-order valence-corrected chi connectivity index (χ2v) is 5.80. The first-order valence-electron chi connectivity index (χ1n) is 6.85. The van der Waals surface area contributed by atoms with Gasteiger partial charge in [-0.1, -0.05) is 6.92 Å². The second kappa shape index (κ2) is 6.55. The Morgan fingerprint density at radius 2 is 1.75 bits per heavy atom. The average Bonchev–Trinajstić information content (AvgIpc) is 2.36. The number of ketones is 1. The molecule has 0 aliphatic heterocycles. The van der Waals surface area contributed by atoms with Crippen molar-refractivity contribution in [2.24, 2.45) is 0 Å². The second-order valence-electron chi connectivity index (χ2n) is 5.80. The van der Waals surface area contributed by atoms with Crippen LogP contribution in [0.2, 0.25) is 0 Å². The van der Waals surface area contributed by atoms with Gasteiger partial charge in [-0.15, -0.1) is 0 Å². The molecule has 1 unspecified atom stereocenters. The number of rotatable bonds is 5. The lowest BCUT2D eigenvalue weighted by molar-refractivity contribution is -0.128. The quantitative estimate of drug-likeness (QED) is 0.842. The molecule has 0 fully saturated rings. The number of hydrogen-bond acceptors (Lipinski definition) is 3. The van der Waals surface area contributed by atoms with E-state index in [-0.39, 0.29) is 17.2 Å². The lowest BCUT2D eigenvalue weighted by Crippen LogP contribution is -2.46. The normalized spacial score (nSPS) is 12.7. The lowest BCUT2D eigenvalue weighted by atomic mass is 10.1. The molecule has 1 aromatic rings. The number of hydrogen-bond donors (Lipinski definition) is 1. The molecule has 0 saturated heterocycles. The third kappa shape index (κ3) is 5.03. The summed E-state index contributed by atoms with van der Waals surface area (Å²) < 4.78 is 5.57. The highest BCUT2D eigenvalue weighted by Gasteiger charge is 2.20. The van der Waals surface area contributed by atoms with Crippen molar-refractivity contribution in [3.8, 4) is 5.75 Å². The fourth-order valence-electron chi connectivity index (χ4n) is 1.65. The van der Waals surface area contributed by atoms with Crippen molar-refractivity contribution < 1.29 is 14.3 Å². The zero-order valence-electron chi connectivity index (χ0n) is 12.8. The van der Waals surface area contributed by atoms with Crippen molar-refractivity contribution in [3.63, 3.8) is 0 Å². The molecule has 0 saturated carbocycles. The Bertz CT molecular complexity index is 471. The van der Waals surface area contributed by atoms with Gasteiger partial charge in [0.05, 0.1) is 0 Å². The van der Waals surface area contributed by atoms with Gasteiger partial charge in [-0.05, 0) is 52.0 Å². The van der Waals surface area contributed by atoms with E-state index < -0.39 is 6.10 Å². The Balaban J connectivity index is 2.64. The van der Waals surface area contributed by atoms with Crippen LogP contribution in [0.3, 0.4) is 0 Å². The fraction of sp³-hybridized carbons (Fsp3) is 0.500. The van der Waals surface area contributed by atoms with Crippen molar-refractivity contribution in [3.05, 3.63) is 29.8 Å². The maximum Gasteiger partial charge on any atom is 0.261 e. The van der Waals surface area contributed by atoms with Crippen molar-refractivity contribution >= 4 is 11.7 Å². The summed E-state index contributed by atoms with van der Waals surface area (Å²) in [4.78, 5) is 23.4. The van der Waals surface area contributed by atoms with Gasteiger partial charge in [0.1, 0.15) is 5.75 Å². The van der Waals surface area contributed by atoms with Crippen LogP contribution < -0.4 is 10.1 Å². The van der Waals surface area contributed by atoms with Crippen molar-refractivity contribution in [2.75, 3.05) is 0 Å². The van der Waals surface area contributed by atoms with E-state index in [9.17, 15) is 9.59 Å². The number of ether oxygens (including phenoxy) is 1. The zero-order chi connectivity index (χ0) is 15.3. The minimum Gasteiger partial charge on any atom is -0.481 e. The molecule has 1 aromatic carbocycles. The van der Waals surface area contributed by atoms with Crippen LogP contribution >= 0.6 is 0 Å². The molecular formula is C16H23NO3. The van der Waals surface area contributed by atoms with Crippen LogP contribution in [0.15, 0.2) is 24.3 Å². The Hall–Kier alpha value is -1.84. The molecule has 4 heteroatoms. The van der Waals surface area contributed by atoms with E-state index >= 15 is 0 Å². The predicted molar refractivity (Wildman–Crippen MR) is 79.0 cm³/mol. The first-order valence-corrected chi connectivity index (χ1v) is 6.85. The number of Topliss-reactive ketones (excluding diaryl/α,β-unsaturated/α-hetero) is 1. The highest BCUT2D eigenvalue weighted by atomic mass is 16.5. The summed E-state index contributed by atoms with van der Waals surface area (Å²) >= 11 is 0. The molecule has 0 aliphatic carbocycles. The highest BCUT2D eigenvalue weighted by Crippen LogP contribution is 2.15. The van der Waals surface area contributed by atoms with E-state index in [0.29, 0.717) is 17.7 Å². The summed E-state index contributed by atoms with van der Waals surface area (Å²) in [5.41, 5.74) is 0.373. The van der Waals surface area contributed by atoms with E-state index in [1.165, 1.54) is 0 Å². The van der Waals surface area contributed by atoms with Gasteiger partial charge >= 0.3 is 0 Å². The molecular weight excluding hydrogens is 254 g/mol. The third-order valence-electron chi connectivity index (χ3n) is 2.68. The summed E-state index contributed by atoms with van der Waals surface area (Å²) in [6.07, 6.45) is -0.105. The molecule has 0 heterocycles. The number of amides is 1. The number of nitrogens with one attached hydrogen (secondary N) is 1. The van der Waals surface area contributed by atoms with Crippen LogP contribution in [-0.2, 0) is 4.79 Å². The van der Waals surface area contributed by atoms with E-state index in [0.717, 1.165) is 0 Å². The first-order chi connectivity index (χ1) is 9.23. The third-order valence-corrected chi connectivity index (χ3v) is 2.68. The fourth-order valence-corrected chi connectivity index (χ4v) is 1.65. The van der Waals surface area contributed by atoms with Gasteiger partial charge in [0.15, 0.2) is 11.9 Å². The standard InChI is InChI=1S/C16H23NO3/c1-6-14(18)12-7-9-13(10-8-12)20-11(2)15(19)17-16(3,4)5/h7-11H,6H2,1-5H3,(H,17,19).